The number of hydrogen-bond donors (Lipinski definition) is 1. The zero-order valence-electron chi connectivity index (χ0n) is 16.4. The SMILES string of the molecule is CC(C)Cn1cc(-c2ccc(C(=O)N[C@H]3CCN(c4ccc(Cl)nn4)C3)s2)cn1. The summed E-state index contributed by atoms with van der Waals surface area (Å²) in [5.74, 6) is 1.28. The summed E-state index contributed by atoms with van der Waals surface area (Å²) in [5, 5.41) is 15.9. The lowest BCUT2D eigenvalue weighted by atomic mass is 10.2. The Bertz CT molecular complexity index is 983. The van der Waals surface area contributed by atoms with Crippen molar-refractivity contribution in [1.29, 1.82) is 0 Å². The Balaban J connectivity index is 1.36. The minimum atomic E-state index is -0.0372. The second kappa shape index (κ2) is 8.51. The molecule has 1 saturated heterocycles. The van der Waals surface area contributed by atoms with Gasteiger partial charge in [0, 0.05) is 42.3 Å². The molecule has 0 aliphatic carbocycles. The molecular weight excluding hydrogens is 408 g/mol. The Labute approximate surface area is 178 Å². The largest absolute Gasteiger partial charge is 0.353 e. The number of aromatic nitrogens is 4. The molecule has 1 fully saturated rings. The van der Waals surface area contributed by atoms with Crippen molar-refractivity contribution in [3.63, 3.8) is 0 Å². The van der Waals surface area contributed by atoms with E-state index in [1.807, 2.05) is 35.3 Å². The second-order valence-corrected chi connectivity index (χ2v) is 9.10. The summed E-state index contributed by atoms with van der Waals surface area (Å²) < 4.78 is 1.95. The number of hydrogen-bond acceptors (Lipinski definition) is 6. The monoisotopic (exact) mass is 430 g/mol. The van der Waals surface area contributed by atoms with E-state index in [1.54, 1.807) is 6.07 Å². The minimum Gasteiger partial charge on any atom is -0.353 e. The van der Waals surface area contributed by atoms with E-state index in [0.717, 1.165) is 35.8 Å². The Morgan fingerprint density at radius 3 is 2.93 bits per heavy atom. The summed E-state index contributed by atoms with van der Waals surface area (Å²) in [6.07, 6.45) is 4.77. The van der Waals surface area contributed by atoms with Gasteiger partial charge in [-0.3, -0.25) is 9.48 Å². The van der Waals surface area contributed by atoms with Crippen molar-refractivity contribution in [1.82, 2.24) is 25.3 Å². The maximum absolute atomic E-state index is 12.7. The molecule has 152 valence electrons. The van der Waals surface area contributed by atoms with Gasteiger partial charge >= 0.3 is 0 Å². The van der Waals surface area contributed by atoms with Crippen molar-refractivity contribution in [3.8, 4) is 10.4 Å². The maximum atomic E-state index is 12.7. The molecule has 1 aliphatic rings. The summed E-state index contributed by atoms with van der Waals surface area (Å²) >= 11 is 7.29. The van der Waals surface area contributed by atoms with E-state index in [0.29, 0.717) is 22.5 Å². The fraction of sp³-hybridized carbons (Fsp3) is 0.400. The summed E-state index contributed by atoms with van der Waals surface area (Å²) in [6, 6.07) is 7.53. The molecule has 29 heavy (non-hydrogen) atoms. The molecule has 0 spiro atoms. The fourth-order valence-electron chi connectivity index (χ4n) is 3.40. The highest BCUT2D eigenvalue weighted by Crippen LogP contribution is 2.28. The first-order valence-corrected chi connectivity index (χ1v) is 10.8. The quantitative estimate of drug-likeness (QED) is 0.645. The number of nitrogens with zero attached hydrogens (tertiary/aromatic N) is 5. The van der Waals surface area contributed by atoms with Gasteiger partial charge in [0.1, 0.15) is 0 Å². The highest BCUT2D eigenvalue weighted by atomic mass is 35.5. The van der Waals surface area contributed by atoms with Crippen molar-refractivity contribution >= 4 is 34.7 Å². The van der Waals surface area contributed by atoms with Gasteiger partial charge in [0.25, 0.3) is 5.91 Å². The fourth-order valence-corrected chi connectivity index (χ4v) is 4.38. The van der Waals surface area contributed by atoms with Crippen molar-refractivity contribution in [2.75, 3.05) is 18.0 Å². The third-order valence-corrected chi connectivity index (χ3v) is 6.10. The zero-order chi connectivity index (χ0) is 20.4. The van der Waals surface area contributed by atoms with Gasteiger partial charge in [-0.25, -0.2) is 0 Å². The van der Waals surface area contributed by atoms with E-state index in [1.165, 1.54) is 11.3 Å². The van der Waals surface area contributed by atoms with Gasteiger partial charge in [-0.05, 0) is 36.6 Å². The number of anilines is 1. The molecule has 0 saturated carbocycles. The molecule has 4 heterocycles. The Morgan fingerprint density at radius 1 is 1.31 bits per heavy atom. The second-order valence-electron chi connectivity index (χ2n) is 7.63. The number of carbonyl (C=O) groups is 1. The average molecular weight is 431 g/mol. The predicted octanol–water partition coefficient (Wildman–Crippen LogP) is 3.72. The van der Waals surface area contributed by atoms with Crippen LogP contribution in [0.5, 0.6) is 0 Å². The maximum Gasteiger partial charge on any atom is 0.261 e. The highest BCUT2D eigenvalue weighted by Gasteiger charge is 2.26. The van der Waals surface area contributed by atoms with Crippen LogP contribution in [0.4, 0.5) is 5.82 Å². The first-order chi connectivity index (χ1) is 14.0. The number of rotatable bonds is 6. The Kier molecular flexibility index (Phi) is 5.82. The van der Waals surface area contributed by atoms with Gasteiger partial charge in [-0.1, -0.05) is 25.4 Å². The normalized spacial score (nSPS) is 16.6. The van der Waals surface area contributed by atoms with Crippen molar-refractivity contribution in [2.24, 2.45) is 5.92 Å². The number of halogens is 1. The van der Waals surface area contributed by atoms with Crippen LogP contribution in [0.25, 0.3) is 10.4 Å². The van der Waals surface area contributed by atoms with Crippen LogP contribution in [-0.2, 0) is 6.54 Å². The van der Waals surface area contributed by atoms with E-state index in [-0.39, 0.29) is 11.9 Å². The lowest BCUT2D eigenvalue weighted by molar-refractivity contribution is 0.0944. The van der Waals surface area contributed by atoms with Gasteiger partial charge in [0.15, 0.2) is 11.0 Å². The lowest BCUT2D eigenvalue weighted by Gasteiger charge is -2.17. The molecule has 1 amide bonds. The van der Waals surface area contributed by atoms with Crippen LogP contribution in [0.1, 0.15) is 29.9 Å². The molecule has 1 N–H and O–H groups in total. The molecule has 0 radical (unpaired) electrons. The van der Waals surface area contributed by atoms with Gasteiger partial charge in [0.05, 0.1) is 11.1 Å². The van der Waals surface area contributed by atoms with E-state index in [9.17, 15) is 4.79 Å². The third-order valence-electron chi connectivity index (χ3n) is 4.77. The number of amides is 1. The molecule has 9 heteroatoms. The molecule has 3 aromatic heterocycles. The molecule has 0 unspecified atom stereocenters. The molecular formula is C20H23ClN6OS. The van der Waals surface area contributed by atoms with Crippen LogP contribution in [0.2, 0.25) is 5.15 Å². The van der Waals surface area contributed by atoms with E-state index in [4.69, 9.17) is 11.6 Å². The van der Waals surface area contributed by atoms with Crippen molar-refractivity contribution < 1.29 is 4.79 Å². The number of carbonyl (C=O) groups excluding carboxylic acids is 1. The summed E-state index contributed by atoms with van der Waals surface area (Å²) in [7, 11) is 0. The number of nitrogens with one attached hydrogen (secondary N) is 1. The van der Waals surface area contributed by atoms with Crippen LogP contribution in [0, 0.1) is 5.92 Å². The standard InChI is InChI=1S/C20H23ClN6OS/c1-13(2)10-27-11-14(9-22-27)16-3-4-17(29-16)20(28)23-15-7-8-26(12-15)19-6-5-18(21)24-25-19/h3-6,9,11,13,15H,7-8,10,12H2,1-2H3,(H,23,28)/t15-/m0/s1. The molecule has 3 aromatic rings. The first kappa shape index (κ1) is 19.8. The lowest BCUT2D eigenvalue weighted by Crippen LogP contribution is -2.36. The van der Waals surface area contributed by atoms with E-state index in [2.05, 4.69) is 39.4 Å². The average Bonchev–Trinajstić information content (AvgIpc) is 3.42. The molecule has 0 bridgehead atoms. The van der Waals surface area contributed by atoms with Gasteiger partial charge in [-0.15, -0.1) is 21.5 Å². The highest BCUT2D eigenvalue weighted by molar-refractivity contribution is 7.17. The van der Waals surface area contributed by atoms with Gasteiger partial charge < -0.3 is 10.2 Å². The smallest absolute Gasteiger partial charge is 0.261 e. The summed E-state index contributed by atoms with van der Waals surface area (Å²) in [4.78, 5) is 16.6. The Morgan fingerprint density at radius 2 is 2.17 bits per heavy atom. The summed E-state index contributed by atoms with van der Waals surface area (Å²) in [6.45, 7) is 6.75. The molecule has 4 rings (SSSR count). The molecule has 1 aliphatic heterocycles. The van der Waals surface area contributed by atoms with Crippen LogP contribution in [-0.4, -0.2) is 45.0 Å². The van der Waals surface area contributed by atoms with E-state index >= 15 is 0 Å². The van der Waals surface area contributed by atoms with Crippen molar-refractivity contribution in [3.05, 3.63) is 46.7 Å². The van der Waals surface area contributed by atoms with Crippen LogP contribution >= 0.6 is 22.9 Å². The van der Waals surface area contributed by atoms with Crippen molar-refractivity contribution in [2.45, 2.75) is 32.9 Å². The zero-order valence-corrected chi connectivity index (χ0v) is 18.0. The molecule has 1 atom stereocenters. The first-order valence-electron chi connectivity index (χ1n) is 9.65. The Hall–Kier alpha value is -2.45. The topological polar surface area (TPSA) is 75.9 Å². The van der Waals surface area contributed by atoms with Gasteiger partial charge in [0.2, 0.25) is 0 Å². The molecule has 0 aromatic carbocycles. The van der Waals surface area contributed by atoms with Crippen LogP contribution in [0.3, 0.4) is 0 Å². The molecule has 7 nitrogen and oxygen atoms in total. The predicted molar refractivity (Wildman–Crippen MR) is 116 cm³/mol. The van der Waals surface area contributed by atoms with Gasteiger partial charge in [-0.2, -0.15) is 5.10 Å². The minimum absolute atomic E-state index is 0.0372. The third kappa shape index (κ3) is 4.76. The number of thiophene rings is 1. The van der Waals surface area contributed by atoms with E-state index < -0.39 is 0 Å². The van der Waals surface area contributed by atoms with Crippen LogP contribution < -0.4 is 10.2 Å². The summed E-state index contributed by atoms with van der Waals surface area (Å²) in [5.41, 5.74) is 1.04. The van der Waals surface area contributed by atoms with Crippen LogP contribution in [0.15, 0.2) is 36.7 Å².